The number of hydrogen-bond acceptors (Lipinski definition) is 6. The van der Waals surface area contributed by atoms with Gasteiger partial charge in [-0.25, -0.2) is 9.97 Å². The molecule has 2 heterocycles. The third-order valence-electron chi connectivity index (χ3n) is 6.35. The summed E-state index contributed by atoms with van der Waals surface area (Å²) in [6.45, 7) is 0. The Hall–Kier alpha value is -3.70. The number of alkyl halides is 6. The van der Waals surface area contributed by atoms with E-state index in [0.717, 1.165) is 48.5 Å². The van der Waals surface area contributed by atoms with E-state index in [2.05, 4.69) is 9.97 Å². The summed E-state index contributed by atoms with van der Waals surface area (Å²) < 4.78 is 90.5. The van der Waals surface area contributed by atoms with Crippen molar-refractivity contribution in [2.45, 2.75) is 43.1 Å². The highest BCUT2D eigenvalue weighted by atomic mass is 19.4. The molecule has 1 aromatic carbocycles. The van der Waals surface area contributed by atoms with Gasteiger partial charge >= 0.3 is 12.4 Å². The van der Waals surface area contributed by atoms with Crippen LogP contribution < -0.4 is 20.9 Å². The lowest BCUT2D eigenvalue weighted by atomic mass is 9.92. The fourth-order valence-electron chi connectivity index (χ4n) is 4.84. The minimum atomic E-state index is -4.66. The van der Waals surface area contributed by atoms with Crippen LogP contribution in [0, 0.1) is 0 Å². The second kappa shape index (κ2) is 7.92. The fraction of sp³-hybridized carbons (Fsp3) is 0.304. The largest absolute Gasteiger partial charge is 0.473 e. The predicted molar refractivity (Wildman–Crippen MR) is 113 cm³/mol. The van der Waals surface area contributed by atoms with Crippen LogP contribution in [0.3, 0.4) is 0 Å². The third-order valence-corrected chi connectivity index (χ3v) is 6.35. The molecule has 0 amide bonds. The molecule has 6 nitrogen and oxygen atoms in total. The van der Waals surface area contributed by atoms with Crippen molar-refractivity contribution in [3.8, 4) is 17.5 Å². The number of nitrogens with zero attached hydrogens (tertiary/aromatic N) is 2. The van der Waals surface area contributed by atoms with E-state index in [4.69, 9.17) is 20.9 Å². The molecule has 35 heavy (non-hydrogen) atoms. The van der Waals surface area contributed by atoms with Gasteiger partial charge in [0.15, 0.2) is 0 Å². The Bertz CT molecular complexity index is 1290. The van der Waals surface area contributed by atoms with Gasteiger partial charge in [-0.15, -0.1) is 0 Å². The Kier molecular flexibility index (Phi) is 5.22. The molecular formula is C23H18F6N4O2. The number of ether oxygens (including phenoxy) is 2. The number of nitrogen functional groups attached to an aromatic ring is 2. The zero-order chi connectivity index (χ0) is 25.1. The average Bonchev–Trinajstić information content (AvgIpc) is 3.30. The van der Waals surface area contributed by atoms with Crippen LogP contribution in [0.25, 0.3) is 0 Å². The Balaban J connectivity index is 1.38. The standard InChI is InChI=1S/C23H18F6N4O2/c24-22(25,26)15-6-19(32-8-17(15)30)34-10-1-2-11-12-3-4-13(14(11)5-10)21(12)35-20-7-16(23(27,28)29)18(31)9-33-20/h1-2,5-9,12-13,21H,3-4,30-31H2. The minimum Gasteiger partial charge on any atom is -0.473 e. The lowest BCUT2D eigenvalue weighted by molar-refractivity contribution is -0.137. The smallest absolute Gasteiger partial charge is 0.418 e. The SMILES string of the molecule is Nc1cnc(Oc2ccc3c(c2)C2CCC3C2Oc2cc(C(F)(F)F)c(N)cn2)cc1C(F)(F)F. The molecule has 1 fully saturated rings. The van der Waals surface area contributed by atoms with Crippen molar-refractivity contribution >= 4 is 11.4 Å². The summed E-state index contributed by atoms with van der Waals surface area (Å²) in [6.07, 6.45) is -6.44. The second-order valence-electron chi connectivity index (χ2n) is 8.48. The van der Waals surface area contributed by atoms with Gasteiger partial charge in [-0.1, -0.05) is 6.07 Å². The van der Waals surface area contributed by atoms with Crippen molar-refractivity contribution < 1.29 is 35.8 Å². The topological polar surface area (TPSA) is 96.3 Å². The molecule has 0 aliphatic heterocycles. The predicted octanol–water partition coefficient (Wildman–Crippen LogP) is 5.89. The lowest BCUT2D eigenvalue weighted by Crippen LogP contribution is -2.21. The first-order valence-corrected chi connectivity index (χ1v) is 10.6. The number of anilines is 2. The summed E-state index contributed by atoms with van der Waals surface area (Å²) in [7, 11) is 0. The number of hydrogen-bond donors (Lipinski definition) is 2. The number of fused-ring (bicyclic) bond motifs is 5. The van der Waals surface area contributed by atoms with Crippen molar-refractivity contribution in [1.82, 2.24) is 9.97 Å². The molecule has 0 spiro atoms. The molecule has 4 N–H and O–H groups in total. The molecule has 2 aliphatic rings. The third kappa shape index (κ3) is 4.17. The van der Waals surface area contributed by atoms with E-state index in [1.165, 1.54) is 0 Å². The van der Waals surface area contributed by atoms with E-state index in [9.17, 15) is 26.3 Å². The van der Waals surface area contributed by atoms with Crippen molar-refractivity contribution in [2.75, 3.05) is 11.5 Å². The van der Waals surface area contributed by atoms with Crippen LogP contribution in [0.1, 0.15) is 46.9 Å². The number of halogens is 6. The number of rotatable bonds is 4. The Morgan fingerprint density at radius 3 is 1.89 bits per heavy atom. The molecule has 5 rings (SSSR count). The van der Waals surface area contributed by atoms with Gasteiger partial charge in [0.1, 0.15) is 11.9 Å². The minimum absolute atomic E-state index is 0.0655. The molecule has 12 heteroatoms. The van der Waals surface area contributed by atoms with Gasteiger partial charge in [0.25, 0.3) is 0 Å². The molecule has 2 aromatic heterocycles. The molecular weight excluding hydrogens is 478 g/mol. The summed E-state index contributed by atoms with van der Waals surface area (Å²) in [5, 5.41) is 0. The van der Waals surface area contributed by atoms with Crippen LogP contribution >= 0.6 is 0 Å². The molecule has 0 saturated heterocycles. The van der Waals surface area contributed by atoms with Crippen molar-refractivity contribution in [3.05, 3.63) is 65.0 Å². The van der Waals surface area contributed by atoms with Crippen molar-refractivity contribution in [2.24, 2.45) is 0 Å². The van der Waals surface area contributed by atoms with Gasteiger partial charge in [-0.2, -0.15) is 26.3 Å². The molecule has 184 valence electrons. The van der Waals surface area contributed by atoms with Crippen LogP contribution in [-0.4, -0.2) is 16.1 Å². The Morgan fingerprint density at radius 1 is 0.743 bits per heavy atom. The maximum absolute atomic E-state index is 13.2. The highest BCUT2D eigenvalue weighted by Crippen LogP contribution is 2.55. The van der Waals surface area contributed by atoms with E-state index in [-0.39, 0.29) is 29.3 Å². The highest BCUT2D eigenvalue weighted by molar-refractivity contribution is 5.52. The molecule has 3 atom stereocenters. The number of pyridine rings is 2. The summed E-state index contributed by atoms with van der Waals surface area (Å²) in [6, 6.07) is 6.59. The van der Waals surface area contributed by atoms with Crippen LogP contribution in [0.5, 0.6) is 17.5 Å². The zero-order valence-electron chi connectivity index (χ0n) is 17.8. The van der Waals surface area contributed by atoms with E-state index in [1.54, 1.807) is 18.2 Å². The highest BCUT2D eigenvalue weighted by Gasteiger charge is 2.48. The first-order chi connectivity index (χ1) is 16.4. The van der Waals surface area contributed by atoms with E-state index in [1.807, 2.05) is 0 Å². The molecule has 3 aromatic rings. The van der Waals surface area contributed by atoms with Crippen molar-refractivity contribution in [1.29, 1.82) is 0 Å². The van der Waals surface area contributed by atoms with Crippen LogP contribution in [0.15, 0.2) is 42.7 Å². The first kappa shape index (κ1) is 23.1. The molecule has 0 radical (unpaired) electrons. The maximum atomic E-state index is 13.2. The summed E-state index contributed by atoms with van der Waals surface area (Å²) in [5.41, 5.74) is 9.53. The van der Waals surface area contributed by atoms with E-state index < -0.39 is 41.0 Å². The molecule has 2 bridgehead atoms. The van der Waals surface area contributed by atoms with Crippen LogP contribution in [-0.2, 0) is 12.4 Å². The maximum Gasteiger partial charge on any atom is 0.418 e. The van der Waals surface area contributed by atoms with Gasteiger partial charge in [0.2, 0.25) is 11.8 Å². The van der Waals surface area contributed by atoms with E-state index in [0.29, 0.717) is 0 Å². The summed E-state index contributed by atoms with van der Waals surface area (Å²) in [4.78, 5) is 7.71. The van der Waals surface area contributed by atoms with Gasteiger partial charge in [0, 0.05) is 24.0 Å². The van der Waals surface area contributed by atoms with Gasteiger partial charge in [-0.05, 0) is 36.1 Å². The number of aromatic nitrogens is 2. The van der Waals surface area contributed by atoms with Gasteiger partial charge < -0.3 is 20.9 Å². The normalized spacial score (nSPS) is 21.1. The fourth-order valence-corrected chi connectivity index (χ4v) is 4.84. The molecule has 3 unspecified atom stereocenters. The Labute approximate surface area is 194 Å². The van der Waals surface area contributed by atoms with Crippen LogP contribution in [0.4, 0.5) is 37.7 Å². The number of benzene rings is 1. The quantitative estimate of drug-likeness (QED) is 0.437. The molecule has 2 aliphatic carbocycles. The van der Waals surface area contributed by atoms with Gasteiger partial charge in [-0.3, -0.25) is 0 Å². The average molecular weight is 496 g/mol. The van der Waals surface area contributed by atoms with Crippen LogP contribution in [0.2, 0.25) is 0 Å². The van der Waals surface area contributed by atoms with E-state index >= 15 is 0 Å². The summed E-state index contributed by atoms with van der Waals surface area (Å²) >= 11 is 0. The first-order valence-electron chi connectivity index (χ1n) is 10.6. The number of nitrogens with two attached hydrogens (primary N) is 2. The van der Waals surface area contributed by atoms with Gasteiger partial charge in [0.05, 0.1) is 34.9 Å². The second-order valence-corrected chi connectivity index (χ2v) is 8.48. The lowest BCUT2D eigenvalue weighted by Gasteiger charge is -2.19. The monoisotopic (exact) mass is 496 g/mol. The Morgan fingerprint density at radius 2 is 1.29 bits per heavy atom. The van der Waals surface area contributed by atoms with Crippen molar-refractivity contribution in [3.63, 3.8) is 0 Å². The summed E-state index contributed by atoms with van der Waals surface area (Å²) in [5.74, 6) is -0.386. The molecule has 1 saturated carbocycles. The zero-order valence-corrected chi connectivity index (χ0v) is 17.8.